The maximum atomic E-state index is 12.8. The molecule has 1 unspecified atom stereocenters. The Balaban J connectivity index is 0.00000312. The Bertz CT molecular complexity index is 507. The molecular weight excluding hydrogens is 343 g/mol. The van der Waals surface area contributed by atoms with Crippen LogP contribution in [0.3, 0.4) is 0 Å². The van der Waals surface area contributed by atoms with Crippen molar-refractivity contribution in [3.05, 3.63) is 30.1 Å². The van der Waals surface area contributed by atoms with E-state index in [1.165, 1.54) is 25.0 Å². The van der Waals surface area contributed by atoms with Crippen LogP contribution in [0.25, 0.3) is 0 Å². The van der Waals surface area contributed by atoms with E-state index < -0.39 is 0 Å². The van der Waals surface area contributed by atoms with Crippen molar-refractivity contribution in [2.45, 2.75) is 32.6 Å². The van der Waals surface area contributed by atoms with Gasteiger partial charge in [-0.05, 0) is 68.5 Å². The number of rotatable bonds is 8. The van der Waals surface area contributed by atoms with E-state index in [1.807, 2.05) is 7.05 Å². The van der Waals surface area contributed by atoms with E-state index in [0.717, 1.165) is 19.5 Å². The molecule has 1 aliphatic heterocycles. The third kappa shape index (κ3) is 7.61. The first kappa shape index (κ1) is 21.7. The molecule has 1 fully saturated rings. The molecule has 6 heteroatoms. The number of ether oxygens (including phenoxy) is 1. The summed E-state index contributed by atoms with van der Waals surface area (Å²) in [5.41, 5.74) is 0. The summed E-state index contributed by atoms with van der Waals surface area (Å²) >= 11 is 0. The number of nitrogens with one attached hydrogen (secondary N) is 1. The number of halogens is 2. The van der Waals surface area contributed by atoms with Crippen LogP contribution in [-0.4, -0.2) is 44.1 Å². The Morgan fingerprint density at radius 2 is 1.96 bits per heavy atom. The van der Waals surface area contributed by atoms with Gasteiger partial charge in [0.15, 0.2) is 0 Å². The fourth-order valence-corrected chi connectivity index (χ4v) is 3.16. The molecular formula is C19H30ClFN2O2. The van der Waals surface area contributed by atoms with Crippen molar-refractivity contribution >= 4 is 18.3 Å². The first-order valence-electron chi connectivity index (χ1n) is 8.89. The van der Waals surface area contributed by atoms with Crippen molar-refractivity contribution < 1.29 is 13.9 Å². The minimum Gasteiger partial charge on any atom is -0.494 e. The van der Waals surface area contributed by atoms with Crippen LogP contribution in [0.5, 0.6) is 5.75 Å². The van der Waals surface area contributed by atoms with Crippen molar-refractivity contribution in [3.63, 3.8) is 0 Å². The van der Waals surface area contributed by atoms with E-state index in [-0.39, 0.29) is 24.1 Å². The van der Waals surface area contributed by atoms with Crippen LogP contribution >= 0.6 is 12.4 Å². The quantitative estimate of drug-likeness (QED) is 0.710. The van der Waals surface area contributed by atoms with Gasteiger partial charge in [0.1, 0.15) is 11.6 Å². The minimum absolute atomic E-state index is 0. The van der Waals surface area contributed by atoms with E-state index in [9.17, 15) is 9.18 Å². The predicted molar refractivity (Wildman–Crippen MR) is 101 cm³/mol. The Kier molecular flexibility index (Phi) is 9.83. The van der Waals surface area contributed by atoms with Gasteiger partial charge in [-0.2, -0.15) is 0 Å². The molecule has 1 N–H and O–H groups in total. The van der Waals surface area contributed by atoms with Gasteiger partial charge in [0, 0.05) is 20.0 Å². The van der Waals surface area contributed by atoms with Crippen LogP contribution in [-0.2, 0) is 4.79 Å². The smallest absolute Gasteiger partial charge is 0.222 e. The van der Waals surface area contributed by atoms with Crippen molar-refractivity contribution in [2.75, 3.05) is 33.3 Å². The molecule has 1 aromatic rings. The highest BCUT2D eigenvalue weighted by molar-refractivity contribution is 5.85. The zero-order valence-corrected chi connectivity index (χ0v) is 16.0. The third-order valence-electron chi connectivity index (χ3n) is 4.83. The molecule has 0 saturated carbocycles. The highest BCUT2D eigenvalue weighted by atomic mass is 35.5. The van der Waals surface area contributed by atoms with Gasteiger partial charge in [-0.25, -0.2) is 4.39 Å². The van der Waals surface area contributed by atoms with E-state index in [2.05, 4.69) is 12.2 Å². The first-order valence-corrected chi connectivity index (χ1v) is 8.89. The summed E-state index contributed by atoms with van der Waals surface area (Å²) in [6.45, 7) is 5.53. The second-order valence-corrected chi connectivity index (χ2v) is 6.74. The third-order valence-corrected chi connectivity index (χ3v) is 4.83. The number of hydrogen-bond donors (Lipinski definition) is 1. The van der Waals surface area contributed by atoms with Crippen LogP contribution in [0.4, 0.5) is 4.39 Å². The molecule has 4 nitrogen and oxygen atoms in total. The Morgan fingerprint density at radius 1 is 1.32 bits per heavy atom. The average Bonchev–Trinajstić information content (AvgIpc) is 2.60. The summed E-state index contributed by atoms with van der Waals surface area (Å²) in [7, 11) is 1.86. The Hall–Kier alpha value is -1.33. The summed E-state index contributed by atoms with van der Waals surface area (Å²) in [6, 6.07) is 6.00. The second kappa shape index (κ2) is 11.3. The molecule has 0 aliphatic carbocycles. The number of hydrogen-bond acceptors (Lipinski definition) is 3. The van der Waals surface area contributed by atoms with Crippen LogP contribution in [0, 0.1) is 17.7 Å². The molecule has 0 radical (unpaired) electrons. The maximum absolute atomic E-state index is 12.8. The standard InChI is InChI=1S/C19H29FN2O2.ClH/c1-15(16-8-10-21-11-9-16)14-19(23)22(2)12-3-13-24-18-6-4-17(20)5-7-18;/h4-7,15-16,21H,3,8-14H2,1-2H3;1H. The molecule has 1 saturated heterocycles. The predicted octanol–water partition coefficient (Wildman–Crippen LogP) is 3.50. The average molecular weight is 373 g/mol. The van der Waals surface area contributed by atoms with Gasteiger partial charge in [-0.1, -0.05) is 6.92 Å². The topological polar surface area (TPSA) is 41.6 Å². The lowest BCUT2D eigenvalue weighted by Gasteiger charge is -2.29. The minimum atomic E-state index is -0.268. The Labute approximate surface area is 156 Å². The lowest BCUT2D eigenvalue weighted by molar-refractivity contribution is -0.131. The zero-order valence-electron chi connectivity index (χ0n) is 15.2. The van der Waals surface area contributed by atoms with Crippen molar-refractivity contribution in [1.29, 1.82) is 0 Å². The molecule has 0 bridgehead atoms. The molecule has 142 valence electrons. The van der Waals surface area contributed by atoms with Gasteiger partial charge in [-0.3, -0.25) is 4.79 Å². The van der Waals surface area contributed by atoms with Crippen LogP contribution in [0.1, 0.15) is 32.6 Å². The molecule has 1 aliphatic rings. The number of amides is 1. The highest BCUT2D eigenvalue weighted by Gasteiger charge is 2.23. The highest BCUT2D eigenvalue weighted by Crippen LogP contribution is 2.24. The number of benzene rings is 1. The summed E-state index contributed by atoms with van der Waals surface area (Å²) in [6.07, 6.45) is 3.73. The fourth-order valence-electron chi connectivity index (χ4n) is 3.16. The molecule has 1 atom stereocenters. The number of nitrogens with zero attached hydrogens (tertiary/aromatic N) is 1. The molecule has 1 amide bonds. The van der Waals surface area contributed by atoms with Gasteiger partial charge in [0.25, 0.3) is 0 Å². The van der Waals surface area contributed by atoms with Crippen LogP contribution < -0.4 is 10.1 Å². The first-order chi connectivity index (χ1) is 11.6. The molecule has 2 rings (SSSR count). The molecule has 0 aromatic heterocycles. The second-order valence-electron chi connectivity index (χ2n) is 6.74. The maximum Gasteiger partial charge on any atom is 0.222 e. The normalized spacial score (nSPS) is 16.0. The zero-order chi connectivity index (χ0) is 17.4. The van der Waals surface area contributed by atoms with Gasteiger partial charge < -0.3 is 15.0 Å². The van der Waals surface area contributed by atoms with Crippen molar-refractivity contribution in [2.24, 2.45) is 11.8 Å². The van der Waals surface area contributed by atoms with Gasteiger partial charge in [0.05, 0.1) is 6.61 Å². The number of carbonyl (C=O) groups excluding carboxylic acids is 1. The van der Waals surface area contributed by atoms with Gasteiger partial charge >= 0.3 is 0 Å². The van der Waals surface area contributed by atoms with Crippen molar-refractivity contribution in [3.8, 4) is 5.75 Å². The Morgan fingerprint density at radius 3 is 2.60 bits per heavy atom. The molecule has 1 aromatic carbocycles. The van der Waals surface area contributed by atoms with E-state index in [0.29, 0.717) is 37.2 Å². The van der Waals surface area contributed by atoms with Crippen LogP contribution in [0.15, 0.2) is 24.3 Å². The van der Waals surface area contributed by atoms with Gasteiger partial charge in [-0.15, -0.1) is 12.4 Å². The summed E-state index contributed by atoms with van der Waals surface area (Å²) in [5.74, 6) is 1.70. The monoisotopic (exact) mass is 372 g/mol. The van der Waals surface area contributed by atoms with Crippen molar-refractivity contribution in [1.82, 2.24) is 10.2 Å². The lowest BCUT2D eigenvalue weighted by atomic mass is 9.84. The SMILES string of the molecule is CC(CC(=O)N(C)CCCOc1ccc(F)cc1)C1CCNCC1.Cl. The summed E-state index contributed by atoms with van der Waals surface area (Å²) < 4.78 is 18.4. The van der Waals surface area contributed by atoms with E-state index >= 15 is 0 Å². The summed E-state index contributed by atoms with van der Waals surface area (Å²) in [5, 5.41) is 3.37. The molecule has 25 heavy (non-hydrogen) atoms. The van der Waals surface area contributed by atoms with E-state index in [1.54, 1.807) is 17.0 Å². The number of piperidine rings is 1. The van der Waals surface area contributed by atoms with E-state index in [4.69, 9.17) is 4.74 Å². The van der Waals surface area contributed by atoms with Gasteiger partial charge in [0.2, 0.25) is 5.91 Å². The molecule has 0 spiro atoms. The number of carbonyl (C=O) groups is 1. The van der Waals surface area contributed by atoms with Crippen LogP contribution in [0.2, 0.25) is 0 Å². The molecule has 1 heterocycles. The summed E-state index contributed by atoms with van der Waals surface area (Å²) in [4.78, 5) is 14.1. The fraction of sp³-hybridized carbons (Fsp3) is 0.632. The lowest BCUT2D eigenvalue weighted by Crippen LogP contribution is -2.34. The largest absolute Gasteiger partial charge is 0.494 e.